The van der Waals surface area contributed by atoms with Crippen LogP contribution in [-0.2, 0) is 4.79 Å². The number of carbonyl (C=O) groups excluding carboxylic acids is 2. The molecule has 3 rings (SSSR count). The van der Waals surface area contributed by atoms with E-state index in [1.807, 2.05) is 6.07 Å². The maximum absolute atomic E-state index is 12.6. The van der Waals surface area contributed by atoms with Gasteiger partial charge in [0.1, 0.15) is 10.8 Å². The number of aryl methyl sites for hydroxylation is 1. The van der Waals surface area contributed by atoms with Crippen LogP contribution in [0.3, 0.4) is 0 Å². The average molecular weight is 494 g/mol. The first-order chi connectivity index (χ1) is 15.3. The third kappa shape index (κ3) is 6.62. The molecular weight excluding hydrogens is 473 g/mol. The third-order valence-corrected chi connectivity index (χ3v) is 5.92. The molecule has 8 nitrogen and oxygen atoms in total. The number of halogens is 2. The van der Waals surface area contributed by atoms with Gasteiger partial charge in [-0.3, -0.25) is 9.59 Å². The van der Waals surface area contributed by atoms with Crippen molar-refractivity contribution >= 4 is 52.2 Å². The van der Waals surface area contributed by atoms with Gasteiger partial charge >= 0.3 is 6.01 Å². The molecule has 2 N–H and O–H groups in total. The number of nitrogens with one attached hydrogen (secondary N) is 2. The molecule has 0 bridgehead atoms. The lowest BCUT2D eigenvalue weighted by atomic mass is 10.2. The van der Waals surface area contributed by atoms with Crippen molar-refractivity contribution in [2.45, 2.75) is 26.7 Å². The number of amides is 2. The zero-order valence-electron chi connectivity index (χ0n) is 17.4. The summed E-state index contributed by atoms with van der Waals surface area (Å²) in [4.78, 5) is 36.2. The first kappa shape index (κ1) is 23.9. The molecule has 0 saturated heterocycles. The molecule has 11 heteroatoms. The first-order valence-corrected chi connectivity index (χ1v) is 11.4. The summed E-state index contributed by atoms with van der Waals surface area (Å²) in [6, 6.07) is 5.45. The minimum Gasteiger partial charge on any atom is -0.463 e. The maximum atomic E-state index is 12.6. The summed E-state index contributed by atoms with van der Waals surface area (Å²) in [5, 5.41) is 8.83. The van der Waals surface area contributed by atoms with Crippen molar-refractivity contribution < 1.29 is 14.3 Å². The lowest BCUT2D eigenvalue weighted by Crippen LogP contribution is -2.21. The molecule has 0 unspecified atom stereocenters. The van der Waals surface area contributed by atoms with Gasteiger partial charge in [-0.25, -0.2) is 9.97 Å². The highest BCUT2D eigenvalue weighted by molar-refractivity contribution is 7.13. The van der Waals surface area contributed by atoms with E-state index in [0.29, 0.717) is 45.3 Å². The van der Waals surface area contributed by atoms with E-state index < -0.39 is 0 Å². The number of hydrogen-bond donors (Lipinski definition) is 2. The Morgan fingerprint density at radius 3 is 2.69 bits per heavy atom. The Bertz CT molecular complexity index is 1120. The highest BCUT2D eigenvalue weighted by Crippen LogP contribution is 2.31. The van der Waals surface area contributed by atoms with E-state index in [1.54, 1.807) is 24.4 Å². The molecule has 32 heavy (non-hydrogen) atoms. The van der Waals surface area contributed by atoms with E-state index in [9.17, 15) is 9.59 Å². The van der Waals surface area contributed by atoms with E-state index in [0.717, 1.165) is 18.4 Å². The Hall–Kier alpha value is -2.75. The normalized spacial score (nSPS) is 10.6. The smallest absolute Gasteiger partial charge is 0.316 e. The summed E-state index contributed by atoms with van der Waals surface area (Å²) < 4.78 is 5.52. The number of thiazole rings is 1. The highest BCUT2D eigenvalue weighted by Gasteiger charge is 2.15. The van der Waals surface area contributed by atoms with Crippen molar-refractivity contribution in [3.63, 3.8) is 0 Å². The van der Waals surface area contributed by atoms with E-state index in [-0.39, 0.29) is 17.8 Å². The molecule has 0 spiro atoms. The average Bonchev–Trinajstić information content (AvgIpc) is 3.20. The molecule has 0 radical (unpaired) electrons. The van der Waals surface area contributed by atoms with Crippen LogP contribution in [0.25, 0.3) is 10.6 Å². The Labute approximate surface area is 199 Å². The van der Waals surface area contributed by atoms with Crippen molar-refractivity contribution in [3.05, 3.63) is 51.1 Å². The van der Waals surface area contributed by atoms with Gasteiger partial charge in [-0.1, -0.05) is 29.3 Å². The van der Waals surface area contributed by atoms with Crippen LogP contribution in [0, 0.1) is 6.92 Å². The van der Waals surface area contributed by atoms with Crippen LogP contribution in [0.2, 0.25) is 10.0 Å². The van der Waals surface area contributed by atoms with Crippen molar-refractivity contribution in [2.24, 2.45) is 0 Å². The van der Waals surface area contributed by atoms with E-state index in [2.05, 4.69) is 25.6 Å². The second-order valence-corrected chi connectivity index (χ2v) is 8.48. The fourth-order valence-electron chi connectivity index (χ4n) is 2.67. The fourth-order valence-corrected chi connectivity index (χ4v) is 3.72. The molecule has 2 amide bonds. The number of rotatable bonds is 9. The molecule has 1 aromatic carbocycles. The van der Waals surface area contributed by atoms with Crippen LogP contribution in [0.15, 0.2) is 29.8 Å². The van der Waals surface area contributed by atoms with Gasteiger partial charge in [-0.05, 0) is 31.9 Å². The number of nitrogens with zero attached hydrogens (tertiary/aromatic N) is 3. The number of hydrogen-bond acceptors (Lipinski definition) is 7. The quantitative estimate of drug-likeness (QED) is 0.416. The minimum absolute atomic E-state index is 0.0537. The third-order valence-electron chi connectivity index (χ3n) is 4.29. The number of carbonyl (C=O) groups is 2. The van der Waals surface area contributed by atoms with Gasteiger partial charge in [0.05, 0.1) is 27.9 Å². The molecule has 168 valence electrons. The van der Waals surface area contributed by atoms with Crippen LogP contribution in [0.1, 0.15) is 35.8 Å². The molecule has 0 aliphatic heterocycles. The SMILES string of the molecule is CC(=O)NCCCCOc1ncc(C(=O)Nc2csc(-c3ccc(Cl)c(Cl)c3)n2)c(C)n1. The van der Waals surface area contributed by atoms with Crippen molar-refractivity contribution in [1.82, 2.24) is 20.3 Å². The predicted molar refractivity (Wildman–Crippen MR) is 126 cm³/mol. The van der Waals surface area contributed by atoms with E-state index in [1.165, 1.54) is 24.5 Å². The van der Waals surface area contributed by atoms with E-state index in [4.69, 9.17) is 27.9 Å². The Morgan fingerprint density at radius 2 is 1.97 bits per heavy atom. The van der Waals surface area contributed by atoms with Crippen molar-refractivity contribution in [1.29, 1.82) is 0 Å². The van der Waals surface area contributed by atoms with Gasteiger partial charge in [-0.2, -0.15) is 4.98 Å². The molecule has 0 fully saturated rings. The van der Waals surface area contributed by atoms with Gasteiger partial charge in [0.2, 0.25) is 5.91 Å². The molecule has 2 aromatic heterocycles. The van der Waals surface area contributed by atoms with Gasteiger partial charge in [0.25, 0.3) is 5.91 Å². The van der Waals surface area contributed by atoms with Gasteiger partial charge in [0.15, 0.2) is 0 Å². The Kier molecular flexibility index (Phi) is 8.38. The van der Waals surface area contributed by atoms with Crippen LogP contribution >= 0.6 is 34.5 Å². The summed E-state index contributed by atoms with van der Waals surface area (Å²) in [5.41, 5.74) is 1.63. The molecule has 0 aliphatic carbocycles. The molecule has 0 aliphatic rings. The summed E-state index contributed by atoms with van der Waals surface area (Å²) >= 11 is 13.4. The number of anilines is 1. The van der Waals surface area contributed by atoms with Gasteiger partial charge in [0, 0.05) is 30.6 Å². The largest absolute Gasteiger partial charge is 0.463 e. The highest BCUT2D eigenvalue weighted by atomic mass is 35.5. The molecule has 3 aromatic rings. The summed E-state index contributed by atoms with van der Waals surface area (Å²) in [6.45, 7) is 4.21. The molecular formula is C21H21Cl2N5O3S. The van der Waals surface area contributed by atoms with Crippen LogP contribution in [0.5, 0.6) is 6.01 Å². The number of benzene rings is 1. The Morgan fingerprint density at radius 1 is 1.16 bits per heavy atom. The van der Waals surface area contributed by atoms with Crippen LogP contribution in [0.4, 0.5) is 5.82 Å². The summed E-state index contributed by atoms with van der Waals surface area (Å²) in [7, 11) is 0. The zero-order valence-corrected chi connectivity index (χ0v) is 19.8. The number of aromatic nitrogens is 3. The number of ether oxygens (including phenoxy) is 1. The minimum atomic E-state index is -0.365. The zero-order chi connectivity index (χ0) is 23.1. The standard InChI is InChI=1S/C21H21Cl2N5O3S/c1-12-15(10-25-21(26-12)31-8-4-3-7-24-13(2)29)19(30)27-18-11-32-20(28-18)14-5-6-16(22)17(23)9-14/h5-6,9-11H,3-4,7-8H2,1-2H3,(H,24,29)(H,27,30). The second kappa shape index (κ2) is 11.2. The lowest BCUT2D eigenvalue weighted by molar-refractivity contribution is -0.118. The predicted octanol–water partition coefficient (Wildman–Crippen LogP) is 4.76. The monoisotopic (exact) mass is 493 g/mol. The van der Waals surface area contributed by atoms with E-state index >= 15 is 0 Å². The molecule has 2 heterocycles. The fraction of sp³-hybridized carbons (Fsp3) is 0.286. The van der Waals surface area contributed by atoms with Gasteiger partial charge in [-0.15, -0.1) is 11.3 Å². The van der Waals surface area contributed by atoms with Crippen LogP contribution in [-0.4, -0.2) is 39.9 Å². The first-order valence-electron chi connectivity index (χ1n) is 9.76. The topological polar surface area (TPSA) is 106 Å². The Balaban J connectivity index is 1.55. The van der Waals surface area contributed by atoms with Crippen molar-refractivity contribution in [3.8, 4) is 16.6 Å². The summed E-state index contributed by atoms with van der Waals surface area (Å²) in [6.07, 6.45) is 2.96. The lowest BCUT2D eigenvalue weighted by Gasteiger charge is -2.08. The second-order valence-electron chi connectivity index (χ2n) is 6.81. The van der Waals surface area contributed by atoms with Crippen molar-refractivity contribution in [2.75, 3.05) is 18.5 Å². The molecule has 0 atom stereocenters. The van der Waals surface area contributed by atoms with Crippen LogP contribution < -0.4 is 15.4 Å². The number of unbranched alkanes of at least 4 members (excludes halogenated alkanes) is 1. The summed E-state index contributed by atoms with van der Waals surface area (Å²) in [5.74, 6) is -0.00249. The van der Waals surface area contributed by atoms with Gasteiger partial charge < -0.3 is 15.4 Å². The maximum Gasteiger partial charge on any atom is 0.316 e. The molecule has 0 saturated carbocycles.